The van der Waals surface area contributed by atoms with Crippen LogP contribution in [-0.2, 0) is 12.8 Å². The Balaban J connectivity index is 2.28. The molecular formula is C13H17ClN4S. The Bertz CT molecular complexity index is 555. The predicted octanol–water partition coefficient (Wildman–Crippen LogP) is 2.81. The first-order chi connectivity index (χ1) is 9.13. The average Bonchev–Trinajstić information content (AvgIpc) is 2.81. The van der Waals surface area contributed by atoms with Crippen LogP contribution in [0.2, 0.25) is 4.34 Å². The van der Waals surface area contributed by atoms with Crippen LogP contribution >= 0.6 is 22.9 Å². The monoisotopic (exact) mass is 296 g/mol. The number of nitrogens with one attached hydrogen (secondary N) is 1. The van der Waals surface area contributed by atoms with Crippen LogP contribution in [-0.4, -0.2) is 10.2 Å². The summed E-state index contributed by atoms with van der Waals surface area (Å²) < 4.78 is 0.797. The number of nitrogens with zero attached hydrogens (tertiary/aromatic N) is 2. The minimum absolute atomic E-state index is 0.0267. The molecule has 0 amide bonds. The highest BCUT2D eigenvalue weighted by Crippen LogP contribution is 2.27. The van der Waals surface area contributed by atoms with Crippen molar-refractivity contribution in [1.82, 2.24) is 15.6 Å². The Labute approximate surface area is 122 Å². The fourth-order valence-electron chi connectivity index (χ4n) is 2.03. The molecule has 0 spiro atoms. The van der Waals surface area contributed by atoms with E-state index in [0.717, 1.165) is 34.1 Å². The van der Waals surface area contributed by atoms with Crippen molar-refractivity contribution in [3.05, 3.63) is 44.4 Å². The fraction of sp³-hybridized carbons (Fsp3) is 0.385. The molecule has 0 bridgehead atoms. The van der Waals surface area contributed by atoms with Crippen LogP contribution in [0.5, 0.6) is 0 Å². The van der Waals surface area contributed by atoms with E-state index in [1.165, 1.54) is 4.88 Å². The largest absolute Gasteiger partial charge is 0.271 e. The molecule has 4 nitrogen and oxygen atoms in total. The van der Waals surface area contributed by atoms with Crippen molar-refractivity contribution in [2.75, 3.05) is 0 Å². The lowest BCUT2D eigenvalue weighted by atomic mass is 10.0. The zero-order chi connectivity index (χ0) is 13.8. The topological polar surface area (TPSA) is 63.8 Å². The summed E-state index contributed by atoms with van der Waals surface area (Å²) >= 11 is 7.54. The van der Waals surface area contributed by atoms with Gasteiger partial charge in [-0.1, -0.05) is 18.5 Å². The number of hydrogen-bond acceptors (Lipinski definition) is 5. The number of halogens is 1. The van der Waals surface area contributed by atoms with E-state index in [0.29, 0.717) is 0 Å². The molecule has 0 saturated carbocycles. The van der Waals surface area contributed by atoms with E-state index in [9.17, 15) is 0 Å². The van der Waals surface area contributed by atoms with E-state index < -0.39 is 0 Å². The zero-order valence-corrected chi connectivity index (χ0v) is 12.6. The Kier molecular flexibility index (Phi) is 4.87. The van der Waals surface area contributed by atoms with Crippen molar-refractivity contribution in [3.63, 3.8) is 0 Å². The van der Waals surface area contributed by atoms with E-state index in [-0.39, 0.29) is 6.04 Å². The number of hydrazine groups is 1. The summed E-state index contributed by atoms with van der Waals surface area (Å²) in [5, 5.41) is 8.35. The lowest BCUT2D eigenvalue weighted by molar-refractivity contribution is 0.545. The van der Waals surface area contributed by atoms with Crippen molar-refractivity contribution in [1.29, 1.82) is 0 Å². The van der Waals surface area contributed by atoms with Crippen molar-refractivity contribution >= 4 is 22.9 Å². The molecule has 1 unspecified atom stereocenters. The Hall–Kier alpha value is -1.01. The molecule has 1 atom stereocenters. The Morgan fingerprint density at radius 3 is 2.79 bits per heavy atom. The second kappa shape index (κ2) is 6.43. The van der Waals surface area contributed by atoms with E-state index in [2.05, 4.69) is 22.5 Å². The average molecular weight is 297 g/mol. The van der Waals surface area contributed by atoms with Gasteiger partial charge in [0, 0.05) is 11.3 Å². The molecule has 0 saturated heterocycles. The van der Waals surface area contributed by atoms with Crippen LogP contribution in [0.4, 0.5) is 0 Å². The molecule has 0 aliphatic heterocycles. The fourth-order valence-corrected chi connectivity index (χ4v) is 3.16. The second-order valence-corrected chi connectivity index (χ2v) is 6.17. The lowest BCUT2D eigenvalue weighted by Gasteiger charge is -2.18. The smallest absolute Gasteiger partial charge is 0.0931 e. The summed E-state index contributed by atoms with van der Waals surface area (Å²) in [6.07, 6.45) is 1.64. The van der Waals surface area contributed by atoms with Crippen LogP contribution in [0.25, 0.3) is 0 Å². The molecule has 2 aromatic rings. The Morgan fingerprint density at radius 2 is 2.21 bits per heavy atom. The maximum absolute atomic E-state index is 5.96. The van der Waals surface area contributed by atoms with Gasteiger partial charge in [-0.05, 0) is 37.1 Å². The molecular weight excluding hydrogens is 280 g/mol. The highest BCUT2D eigenvalue weighted by atomic mass is 35.5. The summed E-state index contributed by atoms with van der Waals surface area (Å²) in [7, 11) is 0. The van der Waals surface area contributed by atoms with Gasteiger partial charge in [-0.25, -0.2) is 0 Å². The second-order valence-electron chi connectivity index (χ2n) is 4.37. The maximum Gasteiger partial charge on any atom is 0.0931 e. The van der Waals surface area contributed by atoms with Gasteiger partial charge in [0.25, 0.3) is 0 Å². The number of hydrogen-bond donors (Lipinski definition) is 2. The van der Waals surface area contributed by atoms with Crippen LogP contribution in [0.15, 0.2) is 18.2 Å². The van der Waals surface area contributed by atoms with Crippen molar-refractivity contribution in [3.8, 4) is 0 Å². The van der Waals surface area contributed by atoms with Gasteiger partial charge in [0.1, 0.15) is 0 Å². The van der Waals surface area contributed by atoms with Crippen LogP contribution in [0, 0.1) is 6.92 Å². The van der Waals surface area contributed by atoms with E-state index in [1.807, 2.05) is 25.1 Å². The predicted molar refractivity (Wildman–Crippen MR) is 79.2 cm³/mol. The number of aromatic nitrogens is 2. The van der Waals surface area contributed by atoms with Gasteiger partial charge in [-0.3, -0.25) is 11.3 Å². The van der Waals surface area contributed by atoms with E-state index >= 15 is 0 Å². The molecule has 0 aliphatic carbocycles. The van der Waals surface area contributed by atoms with Crippen LogP contribution in [0.1, 0.15) is 34.8 Å². The zero-order valence-electron chi connectivity index (χ0n) is 11.0. The highest BCUT2D eigenvalue weighted by molar-refractivity contribution is 7.16. The SMILES string of the molecule is CCc1nnc(C)cc1C(Cc1ccc(Cl)s1)NN. The first-order valence-electron chi connectivity index (χ1n) is 6.17. The molecule has 0 aromatic carbocycles. The third-order valence-corrected chi connectivity index (χ3v) is 4.23. The quantitative estimate of drug-likeness (QED) is 0.658. The molecule has 2 rings (SSSR count). The molecule has 2 aromatic heterocycles. The number of rotatable bonds is 5. The number of aryl methyl sites for hydroxylation is 2. The Morgan fingerprint density at radius 1 is 1.42 bits per heavy atom. The molecule has 19 heavy (non-hydrogen) atoms. The third kappa shape index (κ3) is 3.51. The molecule has 102 valence electrons. The van der Waals surface area contributed by atoms with Crippen molar-refractivity contribution in [2.45, 2.75) is 32.7 Å². The summed E-state index contributed by atoms with van der Waals surface area (Å²) in [5.74, 6) is 5.71. The molecule has 0 fully saturated rings. The van der Waals surface area contributed by atoms with Gasteiger partial charge in [-0.15, -0.1) is 11.3 Å². The molecule has 3 N–H and O–H groups in total. The molecule has 0 aliphatic rings. The highest BCUT2D eigenvalue weighted by Gasteiger charge is 2.16. The molecule has 2 heterocycles. The van der Waals surface area contributed by atoms with Gasteiger partial charge in [0.05, 0.1) is 21.8 Å². The van der Waals surface area contributed by atoms with Gasteiger partial charge in [0.15, 0.2) is 0 Å². The molecule has 0 radical (unpaired) electrons. The van der Waals surface area contributed by atoms with Gasteiger partial charge in [0.2, 0.25) is 0 Å². The summed E-state index contributed by atoms with van der Waals surface area (Å²) in [6, 6.07) is 6.01. The van der Waals surface area contributed by atoms with E-state index in [1.54, 1.807) is 11.3 Å². The van der Waals surface area contributed by atoms with E-state index in [4.69, 9.17) is 17.4 Å². The summed E-state index contributed by atoms with van der Waals surface area (Å²) in [5.41, 5.74) is 5.87. The van der Waals surface area contributed by atoms with Crippen molar-refractivity contribution in [2.24, 2.45) is 5.84 Å². The third-order valence-electron chi connectivity index (χ3n) is 2.97. The van der Waals surface area contributed by atoms with Gasteiger partial charge in [-0.2, -0.15) is 10.2 Å². The normalized spacial score (nSPS) is 12.6. The number of nitrogens with two attached hydrogens (primary N) is 1. The summed E-state index contributed by atoms with van der Waals surface area (Å²) in [4.78, 5) is 1.20. The standard InChI is InChI=1S/C13H17ClN4S/c1-3-11-10(6-8(2)17-18-11)12(16-15)7-9-4-5-13(14)19-9/h4-6,12,16H,3,7,15H2,1-2H3. The summed E-state index contributed by atoms with van der Waals surface area (Å²) in [6.45, 7) is 4.00. The maximum atomic E-state index is 5.96. The first kappa shape index (κ1) is 14.4. The van der Waals surface area contributed by atoms with Gasteiger partial charge >= 0.3 is 0 Å². The van der Waals surface area contributed by atoms with Crippen molar-refractivity contribution < 1.29 is 0 Å². The minimum Gasteiger partial charge on any atom is -0.271 e. The van der Waals surface area contributed by atoms with Gasteiger partial charge < -0.3 is 0 Å². The lowest BCUT2D eigenvalue weighted by Crippen LogP contribution is -2.30. The first-order valence-corrected chi connectivity index (χ1v) is 7.37. The minimum atomic E-state index is 0.0267. The van der Waals surface area contributed by atoms with Crippen LogP contribution in [0.3, 0.4) is 0 Å². The molecule has 6 heteroatoms. The van der Waals surface area contributed by atoms with Crippen LogP contribution < -0.4 is 11.3 Å². The number of thiophene rings is 1.